The molecule has 0 spiro atoms. The van der Waals surface area contributed by atoms with Crippen molar-refractivity contribution in [2.75, 3.05) is 19.8 Å². The van der Waals surface area contributed by atoms with E-state index in [0.717, 1.165) is 6.42 Å². The van der Waals surface area contributed by atoms with E-state index in [1.807, 2.05) is 6.92 Å². The molecule has 1 heterocycles. The number of ether oxygens (including phenoxy) is 1. The molecule has 1 rings (SSSR count). The van der Waals surface area contributed by atoms with Crippen molar-refractivity contribution in [1.82, 2.24) is 20.4 Å². The van der Waals surface area contributed by atoms with Crippen LogP contribution >= 0.6 is 0 Å². The van der Waals surface area contributed by atoms with E-state index in [1.54, 1.807) is 13.2 Å². The summed E-state index contributed by atoms with van der Waals surface area (Å²) < 4.78 is 6.76. The summed E-state index contributed by atoms with van der Waals surface area (Å²) >= 11 is 0. The molecule has 0 aliphatic carbocycles. The average Bonchev–Trinajstić information content (AvgIpc) is 2.86. The molecule has 3 N–H and O–H groups in total. The highest BCUT2D eigenvalue weighted by Crippen LogP contribution is 2.11. The highest BCUT2D eigenvalue weighted by Gasteiger charge is 2.23. The predicted octanol–water partition coefficient (Wildman–Crippen LogP) is 0.662. The summed E-state index contributed by atoms with van der Waals surface area (Å²) in [6, 6.07) is -1.64. The molecule has 0 aromatic carbocycles. The number of aryl methyl sites for hydroxylation is 1. The summed E-state index contributed by atoms with van der Waals surface area (Å²) in [5, 5.41) is 18.1. The van der Waals surface area contributed by atoms with E-state index in [1.165, 1.54) is 10.9 Å². The van der Waals surface area contributed by atoms with Crippen molar-refractivity contribution in [3.63, 3.8) is 0 Å². The van der Waals surface area contributed by atoms with Crippen molar-refractivity contribution in [3.05, 3.63) is 18.0 Å². The number of carbonyl (C=O) groups is 2. The highest BCUT2D eigenvalue weighted by atomic mass is 16.5. The lowest BCUT2D eigenvalue weighted by Gasteiger charge is -2.13. The van der Waals surface area contributed by atoms with Crippen molar-refractivity contribution in [2.24, 2.45) is 7.05 Å². The van der Waals surface area contributed by atoms with E-state index in [9.17, 15) is 9.59 Å². The number of rotatable bonds is 9. The molecular weight excluding hydrogens is 276 g/mol. The third-order valence-corrected chi connectivity index (χ3v) is 2.68. The molecule has 1 aromatic rings. The van der Waals surface area contributed by atoms with Crippen LogP contribution in [0, 0.1) is 0 Å². The number of nitrogens with one attached hydrogen (secondary N) is 2. The van der Waals surface area contributed by atoms with Crippen LogP contribution in [0.2, 0.25) is 0 Å². The summed E-state index contributed by atoms with van der Waals surface area (Å²) in [6.45, 7) is 3.72. The summed E-state index contributed by atoms with van der Waals surface area (Å²) in [6.07, 6.45) is 4.60. The zero-order valence-corrected chi connectivity index (χ0v) is 12.3. The molecule has 8 nitrogen and oxygen atoms in total. The molecule has 1 atom stereocenters. The monoisotopic (exact) mass is 298 g/mol. The Hall–Kier alpha value is -2.09. The van der Waals surface area contributed by atoms with Crippen LogP contribution in [0.25, 0.3) is 0 Å². The minimum absolute atomic E-state index is 0.423. The van der Waals surface area contributed by atoms with Crippen molar-refractivity contribution in [1.29, 1.82) is 0 Å². The normalized spacial score (nSPS) is 11.9. The minimum atomic E-state index is -1.13. The van der Waals surface area contributed by atoms with Gasteiger partial charge >= 0.3 is 12.0 Å². The number of amides is 2. The summed E-state index contributed by atoms with van der Waals surface area (Å²) in [4.78, 5) is 22.9. The van der Waals surface area contributed by atoms with Gasteiger partial charge in [-0.25, -0.2) is 9.59 Å². The molecule has 0 saturated heterocycles. The van der Waals surface area contributed by atoms with Gasteiger partial charge in [-0.1, -0.05) is 6.92 Å². The molecule has 0 fully saturated rings. The Morgan fingerprint density at radius 3 is 2.81 bits per heavy atom. The number of carbonyl (C=O) groups excluding carboxylic acids is 1. The largest absolute Gasteiger partial charge is 0.479 e. The second kappa shape index (κ2) is 8.96. The number of aliphatic carboxylic acids is 1. The Balaban J connectivity index is 2.35. The standard InChI is InChI=1S/C13H22N4O4/c1-3-6-21-7-4-5-14-13(20)16-11(12(18)19)10-8-15-17(2)9-10/h8-9,11H,3-7H2,1-2H3,(H,18,19)(H2,14,16,20). The van der Waals surface area contributed by atoms with Gasteiger partial charge in [0.1, 0.15) is 0 Å². The van der Waals surface area contributed by atoms with Crippen LogP contribution in [-0.2, 0) is 16.6 Å². The summed E-state index contributed by atoms with van der Waals surface area (Å²) in [7, 11) is 1.68. The van der Waals surface area contributed by atoms with Crippen LogP contribution in [0.15, 0.2) is 12.4 Å². The van der Waals surface area contributed by atoms with Crippen LogP contribution < -0.4 is 10.6 Å². The second-order valence-electron chi connectivity index (χ2n) is 4.58. The Bertz CT molecular complexity index is 461. The number of carboxylic acid groups (broad SMARTS) is 1. The first kappa shape index (κ1) is 17.0. The molecule has 8 heteroatoms. The van der Waals surface area contributed by atoms with Gasteiger partial charge in [0.2, 0.25) is 0 Å². The van der Waals surface area contributed by atoms with Crippen molar-refractivity contribution in [2.45, 2.75) is 25.8 Å². The molecule has 1 aromatic heterocycles. The molecule has 0 bridgehead atoms. The lowest BCUT2D eigenvalue weighted by atomic mass is 10.1. The highest BCUT2D eigenvalue weighted by molar-refractivity contribution is 5.83. The van der Waals surface area contributed by atoms with Crippen LogP contribution in [-0.4, -0.2) is 46.6 Å². The van der Waals surface area contributed by atoms with Crippen LogP contribution in [0.4, 0.5) is 4.79 Å². The van der Waals surface area contributed by atoms with Gasteiger partial charge in [0.15, 0.2) is 6.04 Å². The maximum absolute atomic E-state index is 11.7. The average molecular weight is 298 g/mol. The van der Waals surface area contributed by atoms with Crippen LogP contribution in [0.5, 0.6) is 0 Å². The Kier molecular flexibility index (Phi) is 7.24. The van der Waals surface area contributed by atoms with Gasteiger partial charge < -0.3 is 20.5 Å². The van der Waals surface area contributed by atoms with E-state index in [-0.39, 0.29) is 0 Å². The molecule has 0 radical (unpaired) electrons. The van der Waals surface area contributed by atoms with Gasteiger partial charge in [0.25, 0.3) is 0 Å². The van der Waals surface area contributed by atoms with Crippen molar-refractivity contribution < 1.29 is 19.4 Å². The fraction of sp³-hybridized carbons (Fsp3) is 0.615. The van der Waals surface area contributed by atoms with Gasteiger partial charge in [0, 0.05) is 38.6 Å². The van der Waals surface area contributed by atoms with Gasteiger partial charge in [-0.2, -0.15) is 5.10 Å². The zero-order chi connectivity index (χ0) is 15.7. The molecule has 0 aliphatic rings. The number of hydrogen-bond acceptors (Lipinski definition) is 4. The maximum atomic E-state index is 11.7. The quantitative estimate of drug-likeness (QED) is 0.581. The minimum Gasteiger partial charge on any atom is -0.479 e. The third-order valence-electron chi connectivity index (χ3n) is 2.68. The van der Waals surface area contributed by atoms with E-state index < -0.39 is 18.0 Å². The topological polar surface area (TPSA) is 105 Å². The summed E-state index contributed by atoms with van der Waals surface area (Å²) in [5.41, 5.74) is 0.423. The van der Waals surface area contributed by atoms with Crippen molar-refractivity contribution in [3.8, 4) is 0 Å². The fourth-order valence-corrected chi connectivity index (χ4v) is 1.68. The molecule has 1 unspecified atom stereocenters. The molecular formula is C13H22N4O4. The lowest BCUT2D eigenvalue weighted by Crippen LogP contribution is -2.41. The van der Waals surface area contributed by atoms with Crippen LogP contribution in [0.1, 0.15) is 31.4 Å². The van der Waals surface area contributed by atoms with E-state index in [2.05, 4.69) is 15.7 Å². The summed E-state index contributed by atoms with van der Waals surface area (Å²) in [5.74, 6) is -1.13. The third kappa shape index (κ3) is 6.26. The molecule has 0 saturated carbocycles. The molecule has 118 valence electrons. The first-order valence-corrected chi connectivity index (χ1v) is 6.88. The number of nitrogens with zero attached hydrogens (tertiary/aromatic N) is 2. The Labute approximate surface area is 123 Å². The van der Waals surface area contributed by atoms with Gasteiger partial charge in [-0.3, -0.25) is 4.68 Å². The van der Waals surface area contributed by atoms with Gasteiger partial charge in [-0.05, 0) is 12.8 Å². The zero-order valence-electron chi connectivity index (χ0n) is 12.3. The Morgan fingerprint density at radius 1 is 1.48 bits per heavy atom. The number of carboxylic acids is 1. The smallest absolute Gasteiger partial charge is 0.331 e. The van der Waals surface area contributed by atoms with E-state index >= 15 is 0 Å². The fourth-order valence-electron chi connectivity index (χ4n) is 1.68. The number of aromatic nitrogens is 2. The van der Waals surface area contributed by atoms with Gasteiger partial charge in [0.05, 0.1) is 6.20 Å². The molecule has 21 heavy (non-hydrogen) atoms. The predicted molar refractivity (Wildman–Crippen MR) is 75.8 cm³/mol. The Morgan fingerprint density at radius 2 is 2.24 bits per heavy atom. The second-order valence-corrected chi connectivity index (χ2v) is 4.58. The van der Waals surface area contributed by atoms with Crippen LogP contribution in [0.3, 0.4) is 0 Å². The van der Waals surface area contributed by atoms with E-state index in [4.69, 9.17) is 9.84 Å². The SMILES string of the molecule is CCCOCCCNC(=O)NC(C(=O)O)c1cnn(C)c1. The molecule has 2 amide bonds. The van der Waals surface area contributed by atoms with Crippen molar-refractivity contribution >= 4 is 12.0 Å². The molecule has 0 aliphatic heterocycles. The maximum Gasteiger partial charge on any atom is 0.331 e. The first-order chi connectivity index (χ1) is 10.0. The lowest BCUT2D eigenvalue weighted by molar-refractivity contribution is -0.139. The van der Waals surface area contributed by atoms with Gasteiger partial charge in [-0.15, -0.1) is 0 Å². The van der Waals surface area contributed by atoms with E-state index in [0.29, 0.717) is 31.7 Å². The first-order valence-electron chi connectivity index (χ1n) is 6.88. The number of urea groups is 1. The number of hydrogen-bond donors (Lipinski definition) is 3.